The molecule has 0 radical (unpaired) electrons. The smallest absolute Gasteiger partial charge is 0.416 e. The Hall–Kier alpha value is -3.82. The van der Waals surface area contributed by atoms with Gasteiger partial charge in [0.25, 0.3) is 0 Å². The third kappa shape index (κ3) is 5.16. The second-order valence-electron chi connectivity index (χ2n) is 8.68. The monoisotopic (exact) mass is 484 g/mol. The number of carboxylic acid groups (broad SMARTS) is 1. The summed E-state index contributed by atoms with van der Waals surface area (Å²) in [7, 11) is 0. The van der Waals surface area contributed by atoms with Gasteiger partial charge in [0.1, 0.15) is 22.7 Å². The molecule has 0 aliphatic heterocycles. The normalized spacial score (nSPS) is 15.4. The van der Waals surface area contributed by atoms with E-state index in [1.807, 2.05) is 0 Å². The van der Waals surface area contributed by atoms with Gasteiger partial charge in [0.15, 0.2) is 5.78 Å². The average molecular weight is 484 g/mol. The third-order valence-electron chi connectivity index (χ3n) is 6.16. The maximum Gasteiger partial charge on any atom is 0.416 e. The SMILES string of the molecule is Cc1cc(Nc2cc(C(F)(F)F)ccn2)nc(-c2ccc(C(=O)C3(C(=O)O)CCCCC3)nc2)c1. The summed E-state index contributed by atoms with van der Waals surface area (Å²) in [5.41, 5.74) is -0.350. The first-order chi connectivity index (χ1) is 16.6. The lowest BCUT2D eigenvalue weighted by molar-refractivity contribution is -0.147. The van der Waals surface area contributed by atoms with E-state index >= 15 is 0 Å². The summed E-state index contributed by atoms with van der Waals surface area (Å²) in [6.45, 7) is 1.81. The van der Waals surface area contributed by atoms with Crippen LogP contribution in [0, 0.1) is 12.3 Å². The van der Waals surface area contributed by atoms with E-state index < -0.39 is 28.9 Å². The Morgan fingerprint density at radius 3 is 2.37 bits per heavy atom. The summed E-state index contributed by atoms with van der Waals surface area (Å²) in [5, 5.41) is 12.6. The van der Waals surface area contributed by atoms with Gasteiger partial charge in [-0.1, -0.05) is 19.3 Å². The number of nitrogens with one attached hydrogen (secondary N) is 1. The van der Waals surface area contributed by atoms with Crippen LogP contribution in [-0.2, 0) is 11.0 Å². The number of alkyl halides is 3. The molecule has 7 nitrogen and oxygen atoms in total. The lowest BCUT2D eigenvalue weighted by Crippen LogP contribution is -2.41. The highest BCUT2D eigenvalue weighted by atomic mass is 19.4. The zero-order valence-electron chi connectivity index (χ0n) is 18.9. The standard InChI is InChI=1S/C25H23F3N4O3/c1-15-11-19(31-21(12-15)32-20-13-17(7-10-29-20)25(26,27)28)16-5-6-18(30-14-16)22(33)24(23(34)35)8-3-2-4-9-24/h5-7,10-14H,2-4,8-9H2,1H3,(H,34,35)(H,29,31,32). The Kier molecular flexibility index (Phi) is 6.56. The van der Waals surface area contributed by atoms with Crippen molar-refractivity contribution in [3.8, 4) is 11.3 Å². The maximum atomic E-state index is 13.1. The summed E-state index contributed by atoms with van der Waals surface area (Å²) < 4.78 is 39.0. The molecule has 1 aliphatic rings. The van der Waals surface area contributed by atoms with Crippen LogP contribution in [0.25, 0.3) is 11.3 Å². The van der Waals surface area contributed by atoms with Crippen LogP contribution >= 0.6 is 0 Å². The van der Waals surface area contributed by atoms with Crippen molar-refractivity contribution in [1.29, 1.82) is 0 Å². The number of aromatic nitrogens is 3. The van der Waals surface area contributed by atoms with Gasteiger partial charge >= 0.3 is 12.1 Å². The zero-order valence-corrected chi connectivity index (χ0v) is 18.9. The van der Waals surface area contributed by atoms with Crippen molar-refractivity contribution in [3.63, 3.8) is 0 Å². The molecule has 0 aromatic carbocycles. The molecule has 10 heteroatoms. The van der Waals surface area contributed by atoms with E-state index in [2.05, 4.69) is 20.3 Å². The first-order valence-electron chi connectivity index (χ1n) is 11.1. The van der Waals surface area contributed by atoms with Crippen molar-refractivity contribution >= 4 is 23.4 Å². The number of aryl methyl sites for hydroxylation is 1. The van der Waals surface area contributed by atoms with Gasteiger partial charge in [0.2, 0.25) is 0 Å². The number of carbonyl (C=O) groups excluding carboxylic acids is 1. The summed E-state index contributed by atoms with van der Waals surface area (Å²) >= 11 is 0. The van der Waals surface area contributed by atoms with Crippen LogP contribution in [-0.4, -0.2) is 31.8 Å². The average Bonchev–Trinajstić information content (AvgIpc) is 2.83. The van der Waals surface area contributed by atoms with Crippen LogP contribution in [0.5, 0.6) is 0 Å². The number of hydrogen-bond acceptors (Lipinski definition) is 6. The number of pyridine rings is 3. The molecule has 0 bridgehead atoms. The molecular formula is C25H23F3N4O3. The van der Waals surface area contributed by atoms with Gasteiger partial charge in [-0.15, -0.1) is 0 Å². The molecule has 3 heterocycles. The van der Waals surface area contributed by atoms with E-state index in [9.17, 15) is 27.9 Å². The Bertz CT molecular complexity index is 1250. The highest BCUT2D eigenvalue weighted by Gasteiger charge is 2.47. The van der Waals surface area contributed by atoms with Crippen molar-refractivity contribution in [2.24, 2.45) is 5.41 Å². The third-order valence-corrected chi connectivity index (χ3v) is 6.16. The molecule has 0 amide bonds. The summed E-state index contributed by atoms with van der Waals surface area (Å²) in [4.78, 5) is 37.6. The minimum Gasteiger partial charge on any atom is -0.480 e. The predicted octanol–water partition coefficient (Wildman–Crippen LogP) is 5.83. The number of carboxylic acids is 1. The largest absolute Gasteiger partial charge is 0.480 e. The number of Topliss-reactive ketones (excluding diaryl/α,β-unsaturated/α-hetero) is 1. The van der Waals surface area contributed by atoms with Crippen LogP contribution in [0.4, 0.5) is 24.8 Å². The Balaban J connectivity index is 1.58. The molecule has 2 N–H and O–H groups in total. The van der Waals surface area contributed by atoms with E-state index in [1.54, 1.807) is 25.1 Å². The first-order valence-corrected chi connectivity index (χ1v) is 11.1. The Morgan fingerprint density at radius 2 is 1.74 bits per heavy atom. The minimum absolute atomic E-state index is 0.00519. The number of hydrogen-bond donors (Lipinski definition) is 2. The topological polar surface area (TPSA) is 105 Å². The van der Waals surface area contributed by atoms with Crippen LogP contribution in [0.2, 0.25) is 0 Å². The Labute approximate surface area is 199 Å². The van der Waals surface area contributed by atoms with Crippen molar-refractivity contribution < 1.29 is 27.9 Å². The second kappa shape index (κ2) is 9.44. The summed E-state index contributed by atoms with van der Waals surface area (Å²) in [5.74, 6) is -1.33. The predicted molar refractivity (Wildman–Crippen MR) is 122 cm³/mol. The quantitative estimate of drug-likeness (QED) is 0.335. The second-order valence-corrected chi connectivity index (χ2v) is 8.68. The van der Waals surface area contributed by atoms with Crippen molar-refractivity contribution in [2.45, 2.75) is 45.2 Å². The molecular weight excluding hydrogens is 461 g/mol. The van der Waals surface area contributed by atoms with Crippen LogP contribution in [0.15, 0.2) is 48.8 Å². The zero-order chi connectivity index (χ0) is 25.2. The fraction of sp³-hybridized carbons (Fsp3) is 0.320. The first kappa shape index (κ1) is 24.3. The summed E-state index contributed by atoms with van der Waals surface area (Å²) in [6.07, 6.45) is 0.870. The van der Waals surface area contributed by atoms with E-state index in [4.69, 9.17) is 0 Å². The van der Waals surface area contributed by atoms with E-state index in [0.29, 0.717) is 42.8 Å². The molecule has 1 fully saturated rings. The molecule has 35 heavy (non-hydrogen) atoms. The molecule has 0 atom stereocenters. The number of anilines is 2. The van der Waals surface area contributed by atoms with Gasteiger partial charge in [0, 0.05) is 18.0 Å². The van der Waals surface area contributed by atoms with Crippen LogP contribution in [0.3, 0.4) is 0 Å². The number of halogens is 3. The molecule has 0 unspecified atom stereocenters. The number of carbonyl (C=O) groups is 2. The molecule has 0 saturated heterocycles. The van der Waals surface area contributed by atoms with Crippen LogP contribution in [0.1, 0.15) is 53.7 Å². The molecule has 3 aromatic heterocycles. The molecule has 1 saturated carbocycles. The lowest BCUT2D eigenvalue weighted by Gasteiger charge is -2.31. The molecule has 3 aromatic rings. The molecule has 182 valence electrons. The van der Waals surface area contributed by atoms with Gasteiger partial charge in [-0.3, -0.25) is 14.6 Å². The van der Waals surface area contributed by atoms with Crippen molar-refractivity contribution in [1.82, 2.24) is 15.0 Å². The summed E-state index contributed by atoms with van der Waals surface area (Å²) in [6, 6.07) is 8.33. The lowest BCUT2D eigenvalue weighted by atomic mass is 9.70. The van der Waals surface area contributed by atoms with Crippen LogP contribution < -0.4 is 5.32 Å². The molecule has 1 aliphatic carbocycles. The number of nitrogens with zero attached hydrogens (tertiary/aromatic N) is 3. The van der Waals surface area contributed by atoms with Crippen molar-refractivity contribution in [3.05, 3.63) is 65.6 Å². The van der Waals surface area contributed by atoms with Gasteiger partial charge in [-0.25, -0.2) is 9.97 Å². The Morgan fingerprint density at radius 1 is 1.00 bits per heavy atom. The van der Waals surface area contributed by atoms with E-state index in [-0.39, 0.29) is 11.5 Å². The minimum atomic E-state index is -4.49. The number of ketones is 1. The molecule has 4 rings (SSSR count). The van der Waals surface area contributed by atoms with Gasteiger partial charge < -0.3 is 10.4 Å². The van der Waals surface area contributed by atoms with Gasteiger partial charge in [-0.2, -0.15) is 13.2 Å². The van der Waals surface area contributed by atoms with E-state index in [1.165, 1.54) is 12.3 Å². The number of aliphatic carboxylic acids is 1. The fourth-order valence-electron chi connectivity index (χ4n) is 4.30. The number of rotatable bonds is 6. The molecule has 0 spiro atoms. The van der Waals surface area contributed by atoms with Gasteiger partial charge in [-0.05, 0) is 61.7 Å². The maximum absolute atomic E-state index is 13.1. The van der Waals surface area contributed by atoms with Gasteiger partial charge in [0.05, 0.1) is 11.3 Å². The highest BCUT2D eigenvalue weighted by molar-refractivity contribution is 6.11. The fourth-order valence-corrected chi connectivity index (χ4v) is 4.30. The van der Waals surface area contributed by atoms with E-state index in [0.717, 1.165) is 30.3 Å². The highest BCUT2D eigenvalue weighted by Crippen LogP contribution is 2.39. The van der Waals surface area contributed by atoms with Crippen molar-refractivity contribution in [2.75, 3.05) is 5.32 Å².